The summed E-state index contributed by atoms with van der Waals surface area (Å²) in [7, 11) is 1.62. The van der Waals surface area contributed by atoms with Gasteiger partial charge in [0, 0.05) is 10.9 Å². The summed E-state index contributed by atoms with van der Waals surface area (Å²) < 4.78 is 11.1. The predicted octanol–water partition coefficient (Wildman–Crippen LogP) is 4.10. The van der Waals surface area contributed by atoms with E-state index in [2.05, 4.69) is 5.32 Å². The summed E-state index contributed by atoms with van der Waals surface area (Å²) in [5, 5.41) is 5.03. The molecule has 1 amide bonds. The van der Waals surface area contributed by atoms with Crippen LogP contribution >= 0.6 is 0 Å². The van der Waals surface area contributed by atoms with Gasteiger partial charge in [0.25, 0.3) is 5.91 Å². The topological polar surface area (TPSA) is 47.6 Å². The summed E-state index contributed by atoms with van der Waals surface area (Å²) in [4.78, 5) is 12.3. The number of rotatable bonds is 6. The Hall–Kier alpha value is -3.01. The van der Waals surface area contributed by atoms with E-state index in [-0.39, 0.29) is 18.6 Å². The van der Waals surface area contributed by atoms with Crippen LogP contribution in [-0.2, 0) is 4.79 Å². The van der Waals surface area contributed by atoms with Gasteiger partial charge in [-0.25, -0.2) is 0 Å². The molecular formula is C21H21NO3. The average Bonchev–Trinajstić information content (AvgIpc) is 2.66. The molecule has 0 aliphatic carbocycles. The summed E-state index contributed by atoms with van der Waals surface area (Å²) in [5.74, 6) is 1.29. The van der Waals surface area contributed by atoms with Crippen LogP contribution in [0.3, 0.4) is 0 Å². The van der Waals surface area contributed by atoms with E-state index in [0.29, 0.717) is 5.75 Å². The molecule has 128 valence electrons. The second kappa shape index (κ2) is 7.71. The molecule has 0 aliphatic rings. The van der Waals surface area contributed by atoms with Gasteiger partial charge in [-0.15, -0.1) is 0 Å². The first kappa shape index (κ1) is 16.8. The monoisotopic (exact) mass is 335 g/mol. The first-order valence-electron chi connectivity index (χ1n) is 8.22. The molecule has 0 aliphatic heterocycles. The lowest BCUT2D eigenvalue weighted by molar-refractivity contribution is -0.123. The first-order chi connectivity index (χ1) is 12.2. The Bertz CT molecular complexity index is 870. The van der Waals surface area contributed by atoms with Crippen LogP contribution in [0.1, 0.15) is 18.5 Å². The molecule has 25 heavy (non-hydrogen) atoms. The molecule has 1 atom stereocenters. The second-order valence-corrected chi connectivity index (χ2v) is 5.80. The Morgan fingerprint density at radius 2 is 1.64 bits per heavy atom. The van der Waals surface area contributed by atoms with Crippen LogP contribution in [0.2, 0.25) is 0 Å². The summed E-state index contributed by atoms with van der Waals surface area (Å²) in [5.41, 5.74) is 0.934. The van der Waals surface area contributed by atoms with Crippen molar-refractivity contribution in [2.24, 2.45) is 0 Å². The van der Waals surface area contributed by atoms with Crippen LogP contribution in [0.15, 0.2) is 66.7 Å². The number of amides is 1. The Labute approximate surface area is 147 Å². The molecule has 3 rings (SSSR count). The fourth-order valence-corrected chi connectivity index (χ4v) is 2.85. The normalized spacial score (nSPS) is 11.8. The zero-order chi connectivity index (χ0) is 17.6. The van der Waals surface area contributed by atoms with Gasteiger partial charge < -0.3 is 14.8 Å². The highest BCUT2D eigenvalue weighted by Gasteiger charge is 2.14. The summed E-state index contributed by atoms with van der Waals surface area (Å²) in [6, 6.07) is 21.2. The molecule has 0 radical (unpaired) electrons. The molecule has 0 spiro atoms. The van der Waals surface area contributed by atoms with Crippen LogP contribution in [0.5, 0.6) is 11.5 Å². The van der Waals surface area contributed by atoms with Crippen LogP contribution in [0.25, 0.3) is 10.8 Å². The van der Waals surface area contributed by atoms with E-state index < -0.39 is 0 Å². The van der Waals surface area contributed by atoms with Crippen molar-refractivity contribution in [3.63, 3.8) is 0 Å². The number of carbonyl (C=O) groups excluding carboxylic acids is 1. The highest BCUT2D eigenvalue weighted by Crippen LogP contribution is 2.26. The van der Waals surface area contributed by atoms with Crippen molar-refractivity contribution in [2.45, 2.75) is 13.0 Å². The van der Waals surface area contributed by atoms with Crippen molar-refractivity contribution < 1.29 is 14.3 Å². The Kier molecular flexibility index (Phi) is 5.19. The Morgan fingerprint density at radius 1 is 0.960 bits per heavy atom. The van der Waals surface area contributed by atoms with E-state index in [0.717, 1.165) is 22.1 Å². The summed E-state index contributed by atoms with van der Waals surface area (Å²) in [6.07, 6.45) is 0. The highest BCUT2D eigenvalue weighted by molar-refractivity contribution is 5.88. The second-order valence-electron chi connectivity index (χ2n) is 5.80. The van der Waals surface area contributed by atoms with Crippen LogP contribution < -0.4 is 14.8 Å². The van der Waals surface area contributed by atoms with Crippen molar-refractivity contribution in [3.05, 3.63) is 72.3 Å². The number of hydrogen-bond acceptors (Lipinski definition) is 3. The van der Waals surface area contributed by atoms with Gasteiger partial charge in [0.1, 0.15) is 11.5 Å². The van der Waals surface area contributed by atoms with E-state index in [1.165, 1.54) is 0 Å². The lowest BCUT2D eigenvalue weighted by Crippen LogP contribution is -2.31. The van der Waals surface area contributed by atoms with Gasteiger partial charge in [0.15, 0.2) is 6.61 Å². The number of nitrogens with one attached hydrogen (secondary N) is 1. The SMILES string of the molecule is COc1ccccc1C(C)NC(=O)COc1cccc2ccccc12. The van der Waals surface area contributed by atoms with Crippen molar-refractivity contribution in [2.75, 3.05) is 13.7 Å². The fourth-order valence-electron chi connectivity index (χ4n) is 2.85. The van der Waals surface area contributed by atoms with Crippen molar-refractivity contribution in [3.8, 4) is 11.5 Å². The van der Waals surface area contributed by atoms with Gasteiger partial charge in [-0.2, -0.15) is 0 Å². The molecule has 0 bridgehead atoms. The molecule has 0 saturated heterocycles. The molecule has 3 aromatic carbocycles. The maximum absolute atomic E-state index is 12.3. The zero-order valence-electron chi connectivity index (χ0n) is 14.4. The maximum Gasteiger partial charge on any atom is 0.258 e. The minimum absolute atomic E-state index is 0.0342. The molecule has 1 unspecified atom stereocenters. The minimum Gasteiger partial charge on any atom is -0.496 e. The van der Waals surface area contributed by atoms with Crippen molar-refractivity contribution >= 4 is 16.7 Å². The first-order valence-corrected chi connectivity index (χ1v) is 8.22. The fraction of sp³-hybridized carbons (Fsp3) is 0.190. The molecule has 3 aromatic rings. The number of carbonyl (C=O) groups is 1. The number of ether oxygens (including phenoxy) is 2. The van der Waals surface area contributed by atoms with Gasteiger partial charge >= 0.3 is 0 Å². The molecule has 0 fully saturated rings. The molecule has 0 heterocycles. The molecule has 0 saturated carbocycles. The largest absolute Gasteiger partial charge is 0.496 e. The van der Waals surface area contributed by atoms with E-state index >= 15 is 0 Å². The van der Waals surface area contributed by atoms with Crippen LogP contribution in [-0.4, -0.2) is 19.6 Å². The quantitative estimate of drug-likeness (QED) is 0.737. The van der Waals surface area contributed by atoms with Gasteiger partial charge in [0.2, 0.25) is 0 Å². The minimum atomic E-state index is -0.175. The number of fused-ring (bicyclic) bond motifs is 1. The Morgan fingerprint density at radius 3 is 2.48 bits per heavy atom. The third-order valence-corrected chi connectivity index (χ3v) is 4.09. The standard InChI is InChI=1S/C21H21NO3/c1-15(17-10-5-6-12-19(17)24-2)22-21(23)14-25-20-13-7-9-16-8-3-4-11-18(16)20/h3-13,15H,14H2,1-2H3,(H,22,23). The summed E-state index contributed by atoms with van der Waals surface area (Å²) in [6.45, 7) is 1.89. The van der Waals surface area contributed by atoms with E-state index in [1.54, 1.807) is 7.11 Å². The smallest absolute Gasteiger partial charge is 0.258 e. The maximum atomic E-state index is 12.3. The number of hydrogen-bond donors (Lipinski definition) is 1. The number of para-hydroxylation sites is 1. The van der Waals surface area contributed by atoms with E-state index in [1.807, 2.05) is 73.7 Å². The summed E-state index contributed by atoms with van der Waals surface area (Å²) >= 11 is 0. The third kappa shape index (κ3) is 3.91. The third-order valence-electron chi connectivity index (χ3n) is 4.09. The van der Waals surface area contributed by atoms with Crippen LogP contribution in [0, 0.1) is 0 Å². The molecule has 4 nitrogen and oxygen atoms in total. The average molecular weight is 335 g/mol. The van der Waals surface area contributed by atoms with Crippen molar-refractivity contribution in [1.29, 1.82) is 0 Å². The van der Waals surface area contributed by atoms with Crippen LogP contribution in [0.4, 0.5) is 0 Å². The van der Waals surface area contributed by atoms with Gasteiger partial charge in [-0.1, -0.05) is 54.6 Å². The van der Waals surface area contributed by atoms with E-state index in [9.17, 15) is 4.79 Å². The Balaban J connectivity index is 1.64. The zero-order valence-corrected chi connectivity index (χ0v) is 14.4. The lowest BCUT2D eigenvalue weighted by atomic mass is 10.1. The molecule has 0 aromatic heterocycles. The van der Waals surface area contributed by atoms with Crippen molar-refractivity contribution in [1.82, 2.24) is 5.32 Å². The highest BCUT2D eigenvalue weighted by atomic mass is 16.5. The lowest BCUT2D eigenvalue weighted by Gasteiger charge is -2.17. The van der Waals surface area contributed by atoms with Gasteiger partial charge in [0.05, 0.1) is 13.2 Å². The number of benzene rings is 3. The molecule has 1 N–H and O–H groups in total. The van der Waals surface area contributed by atoms with Gasteiger partial charge in [-0.05, 0) is 24.4 Å². The molecule has 4 heteroatoms. The van der Waals surface area contributed by atoms with Gasteiger partial charge in [-0.3, -0.25) is 4.79 Å². The van der Waals surface area contributed by atoms with E-state index in [4.69, 9.17) is 9.47 Å². The predicted molar refractivity (Wildman–Crippen MR) is 99.0 cm³/mol. The molecular weight excluding hydrogens is 314 g/mol. The number of methoxy groups -OCH3 is 1.